The summed E-state index contributed by atoms with van der Waals surface area (Å²) in [7, 11) is 2.36. The molecule has 0 amide bonds. The molecule has 0 aliphatic heterocycles. The van der Waals surface area contributed by atoms with E-state index < -0.39 is 11.9 Å². The average Bonchev–Trinajstić information content (AvgIpc) is 2.03. The van der Waals surface area contributed by atoms with E-state index in [0.29, 0.717) is 0 Å². The van der Waals surface area contributed by atoms with Crippen LogP contribution in [-0.4, -0.2) is 31.3 Å². The van der Waals surface area contributed by atoms with Crippen LogP contribution in [0.4, 0.5) is 0 Å². The molecule has 0 spiro atoms. The Kier molecular flexibility index (Phi) is 4.52. The molecule has 0 bridgehead atoms. The van der Waals surface area contributed by atoms with E-state index in [0.717, 1.165) is 6.08 Å². The molecule has 12 heavy (non-hydrogen) atoms. The molecule has 0 fully saturated rings. The number of aliphatic hydroxyl groups is 1. The first-order valence-corrected chi connectivity index (χ1v) is 3.14. The van der Waals surface area contributed by atoms with Gasteiger partial charge in [0.25, 0.3) is 0 Å². The molecule has 1 N–H and O–H groups in total. The smallest absolute Gasteiger partial charge is 0.333 e. The van der Waals surface area contributed by atoms with E-state index >= 15 is 0 Å². The third kappa shape index (κ3) is 4.32. The zero-order chi connectivity index (χ0) is 9.56. The van der Waals surface area contributed by atoms with E-state index in [9.17, 15) is 9.59 Å². The molecule has 5 heteroatoms. The highest BCUT2D eigenvalue weighted by molar-refractivity contribution is 5.83. The van der Waals surface area contributed by atoms with Gasteiger partial charge in [-0.15, -0.1) is 0 Å². The first-order chi connectivity index (χ1) is 5.60. The average molecular weight is 174 g/mol. The standard InChI is InChI=1S/C7H10O5/c1-11-6(9)3-5(8)4-7(10)12-2/h3,8H,4H2,1-2H3/b5-3-. The minimum absolute atomic E-state index is 0.328. The van der Waals surface area contributed by atoms with E-state index in [1.807, 2.05) is 0 Å². The lowest BCUT2D eigenvalue weighted by molar-refractivity contribution is -0.140. The second-order valence-corrected chi connectivity index (χ2v) is 1.91. The summed E-state index contributed by atoms with van der Waals surface area (Å²) in [5.74, 6) is -1.71. The van der Waals surface area contributed by atoms with Crippen molar-refractivity contribution in [1.29, 1.82) is 0 Å². The lowest BCUT2D eigenvalue weighted by Crippen LogP contribution is -2.04. The van der Waals surface area contributed by atoms with Gasteiger partial charge in [0.1, 0.15) is 12.2 Å². The van der Waals surface area contributed by atoms with Crippen molar-refractivity contribution in [3.8, 4) is 0 Å². The fraction of sp³-hybridized carbons (Fsp3) is 0.429. The summed E-state index contributed by atoms with van der Waals surface area (Å²) in [5, 5.41) is 8.91. The summed E-state index contributed by atoms with van der Waals surface area (Å²) in [6.07, 6.45) is 0.489. The largest absolute Gasteiger partial charge is 0.511 e. The van der Waals surface area contributed by atoms with Crippen molar-refractivity contribution in [1.82, 2.24) is 0 Å². The second-order valence-electron chi connectivity index (χ2n) is 1.91. The first-order valence-electron chi connectivity index (χ1n) is 3.14. The minimum Gasteiger partial charge on any atom is -0.511 e. The van der Waals surface area contributed by atoms with E-state index in [2.05, 4.69) is 9.47 Å². The Hall–Kier alpha value is -1.52. The van der Waals surface area contributed by atoms with Crippen LogP contribution >= 0.6 is 0 Å². The Balaban J connectivity index is 4.02. The van der Waals surface area contributed by atoms with Crippen LogP contribution in [0.1, 0.15) is 6.42 Å². The molecule has 0 aliphatic rings. The highest BCUT2D eigenvalue weighted by Gasteiger charge is 2.05. The highest BCUT2D eigenvalue weighted by Crippen LogP contribution is 1.97. The molecular weight excluding hydrogens is 164 g/mol. The van der Waals surface area contributed by atoms with Gasteiger partial charge in [-0.2, -0.15) is 0 Å². The van der Waals surface area contributed by atoms with E-state index in [1.165, 1.54) is 14.2 Å². The normalized spacial score (nSPS) is 10.7. The van der Waals surface area contributed by atoms with Crippen molar-refractivity contribution in [3.63, 3.8) is 0 Å². The van der Waals surface area contributed by atoms with Crippen LogP contribution in [0.5, 0.6) is 0 Å². The summed E-state index contributed by atoms with van der Waals surface area (Å²) in [4.78, 5) is 21.0. The third-order valence-electron chi connectivity index (χ3n) is 1.04. The quantitative estimate of drug-likeness (QED) is 0.375. The maximum absolute atomic E-state index is 10.5. The van der Waals surface area contributed by atoms with Gasteiger partial charge in [0, 0.05) is 0 Å². The number of hydrogen-bond donors (Lipinski definition) is 1. The Labute approximate surface area is 69.6 Å². The minimum atomic E-state index is -0.712. The Morgan fingerprint density at radius 1 is 1.33 bits per heavy atom. The molecule has 0 saturated heterocycles. The summed E-state index contributed by atoms with van der Waals surface area (Å²) < 4.78 is 8.45. The van der Waals surface area contributed by atoms with Crippen molar-refractivity contribution in [2.24, 2.45) is 0 Å². The second kappa shape index (κ2) is 5.17. The SMILES string of the molecule is COC(=O)/C=C(\O)CC(=O)OC. The summed E-state index contributed by atoms with van der Waals surface area (Å²) in [6.45, 7) is 0. The van der Waals surface area contributed by atoms with E-state index in [-0.39, 0.29) is 12.2 Å². The lowest BCUT2D eigenvalue weighted by atomic mass is 10.3. The Morgan fingerprint density at radius 2 is 1.92 bits per heavy atom. The van der Waals surface area contributed by atoms with Crippen LogP contribution < -0.4 is 0 Å². The molecule has 68 valence electrons. The van der Waals surface area contributed by atoms with Crippen LogP contribution in [0.2, 0.25) is 0 Å². The zero-order valence-electron chi connectivity index (χ0n) is 6.86. The summed E-state index contributed by atoms with van der Waals surface area (Å²) >= 11 is 0. The van der Waals surface area contributed by atoms with E-state index in [4.69, 9.17) is 5.11 Å². The van der Waals surface area contributed by atoms with Gasteiger partial charge >= 0.3 is 11.9 Å². The predicted molar refractivity (Wildman–Crippen MR) is 39.4 cm³/mol. The van der Waals surface area contributed by atoms with Gasteiger partial charge in [-0.3, -0.25) is 4.79 Å². The van der Waals surface area contributed by atoms with Crippen molar-refractivity contribution >= 4 is 11.9 Å². The third-order valence-corrected chi connectivity index (χ3v) is 1.04. The molecule has 0 heterocycles. The van der Waals surface area contributed by atoms with Gasteiger partial charge < -0.3 is 14.6 Å². The number of carbonyl (C=O) groups is 2. The lowest BCUT2D eigenvalue weighted by Gasteiger charge is -1.97. The number of carbonyl (C=O) groups excluding carboxylic acids is 2. The van der Waals surface area contributed by atoms with Crippen molar-refractivity contribution < 1.29 is 24.2 Å². The number of hydrogen-bond acceptors (Lipinski definition) is 5. The number of methoxy groups -OCH3 is 2. The van der Waals surface area contributed by atoms with Gasteiger partial charge in [-0.05, 0) is 0 Å². The molecule has 0 atom stereocenters. The molecule has 0 rings (SSSR count). The maximum Gasteiger partial charge on any atom is 0.333 e. The van der Waals surface area contributed by atoms with Gasteiger partial charge in [0.2, 0.25) is 0 Å². The summed E-state index contributed by atoms with van der Waals surface area (Å²) in [6, 6.07) is 0. The molecule has 0 aromatic heterocycles. The number of aliphatic hydroxyl groups excluding tert-OH is 1. The van der Waals surface area contributed by atoms with Crippen LogP contribution in [-0.2, 0) is 19.1 Å². The molecule has 0 aromatic carbocycles. The van der Waals surface area contributed by atoms with E-state index in [1.54, 1.807) is 0 Å². The molecule has 5 nitrogen and oxygen atoms in total. The fourth-order valence-corrected chi connectivity index (χ4v) is 0.466. The zero-order valence-corrected chi connectivity index (χ0v) is 6.86. The summed E-state index contributed by atoms with van der Waals surface area (Å²) in [5.41, 5.74) is 0. The molecule has 0 saturated carbocycles. The van der Waals surface area contributed by atoms with Gasteiger partial charge in [0.15, 0.2) is 0 Å². The number of esters is 2. The number of rotatable bonds is 3. The molecule has 0 unspecified atom stereocenters. The predicted octanol–water partition coefficient (Wildman–Crippen LogP) is 0.164. The maximum atomic E-state index is 10.5. The van der Waals surface area contributed by atoms with Crippen LogP contribution in [0.25, 0.3) is 0 Å². The number of ether oxygens (including phenoxy) is 2. The van der Waals surface area contributed by atoms with Crippen molar-refractivity contribution in [3.05, 3.63) is 11.8 Å². The molecular formula is C7H10O5. The van der Waals surface area contributed by atoms with Crippen LogP contribution in [0.15, 0.2) is 11.8 Å². The van der Waals surface area contributed by atoms with Gasteiger partial charge in [0.05, 0.1) is 20.3 Å². The molecule has 0 aromatic rings. The van der Waals surface area contributed by atoms with Crippen LogP contribution in [0, 0.1) is 0 Å². The fourth-order valence-electron chi connectivity index (χ4n) is 0.466. The first kappa shape index (κ1) is 10.5. The topological polar surface area (TPSA) is 72.8 Å². The van der Waals surface area contributed by atoms with Gasteiger partial charge in [-0.25, -0.2) is 4.79 Å². The van der Waals surface area contributed by atoms with Crippen LogP contribution in [0.3, 0.4) is 0 Å². The highest BCUT2D eigenvalue weighted by atomic mass is 16.5. The van der Waals surface area contributed by atoms with Gasteiger partial charge in [-0.1, -0.05) is 0 Å². The Morgan fingerprint density at radius 3 is 2.33 bits per heavy atom. The molecule has 0 aliphatic carbocycles. The van der Waals surface area contributed by atoms with Crippen molar-refractivity contribution in [2.45, 2.75) is 6.42 Å². The van der Waals surface area contributed by atoms with Crippen molar-refractivity contribution in [2.75, 3.05) is 14.2 Å². The monoisotopic (exact) mass is 174 g/mol. The molecule has 0 radical (unpaired) electrons. The Bertz CT molecular complexity index is 206.